The van der Waals surface area contributed by atoms with E-state index in [-0.39, 0.29) is 6.04 Å². The molecule has 0 spiro atoms. The van der Waals surface area contributed by atoms with Crippen LogP contribution in [0.25, 0.3) is 0 Å². The van der Waals surface area contributed by atoms with Gasteiger partial charge in [0.05, 0.1) is 0 Å². The van der Waals surface area contributed by atoms with Crippen molar-refractivity contribution >= 4 is 11.6 Å². The van der Waals surface area contributed by atoms with Gasteiger partial charge in [0.15, 0.2) is 0 Å². The number of hydroxylamine groups is 1. The maximum atomic E-state index is 8.57. The second kappa shape index (κ2) is 4.45. The summed E-state index contributed by atoms with van der Waals surface area (Å²) in [4.78, 5) is 0. The highest BCUT2D eigenvalue weighted by atomic mass is 35.5. The summed E-state index contributed by atoms with van der Waals surface area (Å²) in [5.41, 5.74) is 3.36. The Hall–Kier alpha value is -0.570. The highest BCUT2D eigenvalue weighted by molar-refractivity contribution is 6.30. The molecule has 0 saturated heterocycles. The number of rotatable bonds is 3. The first-order valence-electron chi connectivity index (χ1n) is 3.86. The molecule has 0 aromatic heterocycles. The van der Waals surface area contributed by atoms with Gasteiger partial charge in [-0.15, -0.1) is 0 Å². The van der Waals surface area contributed by atoms with E-state index in [0.717, 1.165) is 17.0 Å². The molecule has 0 saturated carbocycles. The van der Waals surface area contributed by atoms with Crippen LogP contribution < -0.4 is 5.48 Å². The van der Waals surface area contributed by atoms with E-state index in [0.29, 0.717) is 0 Å². The summed E-state index contributed by atoms with van der Waals surface area (Å²) >= 11 is 5.72. The van der Waals surface area contributed by atoms with Crippen molar-refractivity contribution in [2.24, 2.45) is 0 Å². The molecule has 0 aliphatic rings. The molecule has 0 heterocycles. The Labute approximate surface area is 77.1 Å². The molecule has 3 heteroatoms. The van der Waals surface area contributed by atoms with Gasteiger partial charge in [-0.2, -0.15) is 0 Å². The van der Waals surface area contributed by atoms with E-state index in [1.165, 1.54) is 0 Å². The highest BCUT2D eigenvalue weighted by Crippen LogP contribution is 2.10. The minimum atomic E-state index is 0.0752. The lowest BCUT2D eigenvalue weighted by Gasteiger charge is -2.08. The fourth-order valence-electron chi connectivity index (χ4n) is 1.02. The largest absolute Gasteiger partial charge is 0.317 e. The van der Waals surface area contributed by atoms with Crippen molar-refractivity contribution in [2.45, 2.75) is 19.4 Å². The standard InChI is InChI=1S/C9H12ClNO/c1-7(11-12)6-8-2-4-9(10)5-3-8/h2-5,7,11-12H,6H2,1H3/t7-/m1/s1. The molecule has 1 aromatic carbocycles. The van der Waals surface area contributed by atoms with Crippen molar-refractivity contribution in [1.29, 1.82) is 0 Å². The van der Waals surface area contributed by atoms with E-state index in [9.17, 15) is 0 Å². The molecule has 66 valence electrons. The van der Waals surface area contributed by atoms with E-state index in [4.69, 9.17) is 16.8 Å². The maximum Gasteiger partial charge on any atom is 0.0406 e. The van der Waals surface area contributed by atoms with Crippen LogP contribution in [0.3, 0.4) is 0 Å². The van der Waals surface area contributed by atoms with Crippen molar-refractivity contribution in [1.82, 2.24) is 5.48 Å². The van der Waals surface area contributed by atoms with Gasteiger partial charge in [-0.05, 0) is 31.0 Å². The quantitative estimate of drug-likeness (QED) is 0.708. The van der Waals surface area contributed by atoms with E-state index in [1.807, 2.05) is 31.2 Å². The van der Waals surface area contributed by atoms with Gasteiger partial charge >= 0.3 is 0 Å². The van der Waals surface area contributed by atoms with Gasteiger partial charge in [-0.3, -0.25) is 0 Å². The zero-order valence-electron chi connectivity index (χ0n) is 6.92. The molecule has 1 rings (SSSR count). The lowest BCUT2D eigenvalue weighted by atomic mass is 10.1. The summed E-state index contributed by atoms with van der Waals surface area (Å²) in [6, 6.07) is 7.68. The fourth-order valence-corrected chi connectivity index (χ4v) is 1.15. The number of hydrogen-bond donors (Lipinski definition) is 2. The summed E-state index contributed by atoms with van der Waals surface area (Å²) < 4.78 is 0. The van der Waals surface area contributed by atoms with Gasteiger partial charge in [0.2, 0.25) is 0 Å². The second-order valence-electron chi connectivity index (χ2n) is 2.86. The maximum absolute atomic E-state index is 8.57. The molecule has 12 heavy (non-hydrogen) atoms. The van der Waals surface area contributed by atoms with Crippen LogP contribution in [0, 0.1) is 0 Å². The Morgan fingerprint density at radius 3 is 2.50 bits per heavy atom. The van der Waals surface area contributed by atoms with Gasteiger partial charge in [0.25, 0.3) is 0 Å². The third-order valence-corrected chi connectivity index (χ3v) is 1.93. The third-order valence-electron chi connectivity index (χ3n) is 1.68. The van der Waals surface area contributed by atoms with E-state index in [1.54, 1.807) is 0 Å². The molecule has 0 unspecified atom stereocenters. The summed E-state index contributed by atoms with van der Waals surface area (Å²) in [6.45, 7) is 1.91. The second-order valence-corrected chi connectivity index (χ2v) is 3.30. The van der Waals surface area contributed by atoms with Gasteiger partial charge in [-0.1, -0.05) is 23.7 Å². The smallest absolute Gasteiger partial charge is 0.0406 e. The van der Waals surface area contributed by atoms with Crippen LogP contribution in [0.2, 0.25) is 5.02 Å². The Kier molecular flexibility index (Phi) is 3.53. The van der Waals surface area contributed by atoms with E-state index in [2.05, 4.69) is 5.48 Å². The van der Waals surface area contributed by atoms with Crippen LogP contribution in [0.15, 0.2) is 24.3 Å². The molecule has 1 aromatic rings. The van der Waals surface area contributed by atoms with Crippen molar-refractivity contribution in [2.75, 3.05) is 0 Å². The topological polar surface area (TPSA) is 32.3 Å². The molecule has 0 aliphatic heterocycles. The Morgan fingerprint density at radius 2 is 2.00 bits per heavy atom. The first-order chi connectivity index (χ1) is 5.72. The molecular weight excluding hydrogens is 174 g/mol. The lowest BCUT2D eigenvalue weighted by Crippen LogP contribution is -2.24. The zero-order valence-corrected chi connectivity index (χ0v) is 7.67. The molecular formula is C9H12ClNO. The monoisotopic (exact) mass is 185 g/mol. The predicted molar refractivity (Wildman–Crippen MR) is 49.5 cm³/mol. The number of benzene rings is 1. The zero-order chi connectivity index (χ0) is 8.97. The van der Waals surface area contributed by atoms with Crippen LogP contribution in [0.5, 0.6) is 0 Å². The fraction of sp³-hybridized carbons (Fsp3) is 0.333. The number of hydrogen-bond acceptors (Lipinski definition) is 2. The molecule has 2 nitrogen and oxygen atoms in total. The van der Waals surface area contributed by atoms with E-state index >= 15 is 0 Å². The summed E-state index contributed by atoms with van der Waals surface area (Å²) in [5, 5.41) is 9.31. The average Bonchev–Trinajstić information content (AvgIpc) is 2.09. The third kappa shape index (κ3) is 2.81. The number of nitrogens with one attached hydrogen (secondary N) is 1. The van der Waals surface area contributed by atoms with Gasteiger partial charge in [-0.25, -0.2) is 5.48 Å². The van der Waals surface area contributed by atoms with Crippen LogP contribution in [-0.2, 0) is 6.42 Å². The van der Waals surface area contributed by atoms with Crippen LogP contribution in [-0.4, -0.2) is 11.2 Å². The Morgan fingerprint density at radius 1 is 1.42 bits per heavy atom. The Bertz CT molecular complexity index is 235. The molecule has 1 atom stereocenters. The van der Waals surface area contributed by atoms with Crippen LogP contribution in [0.1, 0.15) is 12.5 Å². The van der Waals surface area contributed by atoms with Crippen LogP contribution >= 0.6 is 11.6 Å². The highest BCUT2D eigenvalue weighted by Gasteiger charge is 2.00. The molecule has 0 aliphatic carbocycles. The van der Waals surface area contributed by atoms with Gasteiger partial charge < -0.3 is 5.21 Å². The van der Waals surface area contributed by atoms with Gasteiger partial charge in [0, 0.05) is 11.1 Å². The SMILES string of the molecule is C[C@H](Cc1ccc(Cl)cc1)NO. The van der Waals surface area contributed by atoms with E-state index < -0.39 is 0 Å². The van der Waals surface area contributed by atoms with Crippen LogP contribution in [0.4, 0.5) is 0 Å². The van der Waals surface area contributed by atoms with Crippen molar-refractivity contribution < 1.29 is 5.21 Å². The van der Waals surface area contributed by atoms with Crippen molar-refractivity contribution in [3.8, 4) is 0 Å². The minimum absolute atomic E-state index is 0.0752. The normalized spacial score (nSPS) is 12.9. The first-order valence-corrected chi connectivity index (χ1v) is 4.24. The molecule has 0 bridgehead atoms. The molecule has 0 amide bonds. The molecule has 0 fully saturated rings. The first kappa shape index (κ1) is 9.52. The Balaban J connectivity index is 2.58. The van der Waals surface area contributed by atoms with Gasteiger partial charge in [0.1, 0.15) is 0 Å². The molecule has 2 N–H and O–H groups in total. The number of halogens is 1. The summed E-state index contributed by atoms with van der Waals surface area (Å²) in [6.07, 6.45) is 0.799. The average molecular weight is 186 g/mol. The lowest BCUT2D eigenvalue weighted by molar-refractivity contribution is 0.133. The summed E-state index contributed by atoms with van der Waals surface area (Å²) in [7, 11) is 0. The molecule has 0 radical (unpaired) electrons. The summed E-state index contributed by atoms with van der Waals surface area (Å²) in [5.74, 6) is 0. The van der Waals surface area contributed by atoms with Crippen molar-refractivity contribution in [3.05, 3.63) is 34.9 Å². The predicted octanol–water partition coefficient (Wildman–Crippen LogP) is 2.25. The van der Waals surface area contributed by atoms with Crippen molar-refractivity contribution in [3.63, 3.8) is 0 Å². The minimum Gasteiger partial charge on any atom is -0.317 e.